The van der Waals surface area contributed by atoms with Crippen molar-refractivity contribution in [3.63, 3.8) is 0 Å². The van der Waals surface area contributed by atoms with Crippen molar-refractivity contribution in [3.05, 3.63) is 72.8 Å². The molecule has 1 heterocycles. The van der Waals surface area contributed by atoms with E-state index in [0.29, 0.717) is 33.0 Å². The van der Waals surface area contributed by atoms with E-state index in [1.165, 1.54) is 8.61 Å². The van der Waals surface area contributed by atoms with Crippen LogP contribution in [0.15, 0.2) is 82.6 Å². The third-order valence-electron chi connectivity index (χ3n) is 6.86. The molecule has 10 heteroatoms. The number of nitrogens with zero attached hydrogens (tertiary/aromatic N) is 2. The molecule has 1 fully saturated rings. The monoisotopic (exact) mass is 540 g/mol. The summed E-state index contributed by atoms with van der Waals surface area (Å²) in [6.45, 7) is 1.85. The fourth-order valence-corrected chi connectivity index (χ4v) is 8.56. The van der Waals surface area contributed by atoms with Crippen molar-refractivity contribution < 1.29 is 26.3 Å². The lowest BCUT2D eigenvalue weighted by Gasteiger charge is -2.38. The van der Waals surface area contributed by atoms with Crippen LogP contribution < -0.4 is 9.47 Å². The summed E-state index contributed by atoms with van der Waals surface area (Å²) in [5.74, 6) is 1.18. The van der Waals surface area contributed by atoms with Crippen molar-refractivity contribution in [2.45, 2.75) is 22.8 Å². The second-order valence-corrected chi connectivity index (χ2v) is 12.7. The highest BCUT2D eigenvalue weighted by Gasteiger charge is 2.39. The van der Waals surface area contributed by atoms with E-state index in [2.05, 4.69) is 0 Å². The number of sulfonamides is 2. The molecule has 0 saturated carbocycles. The first-order valence-corrected chi connectivity index (χ1v) is 14.7. The van der Waals surface area contributed by atoms with Gasteiger partial charge < -0.3 is 9.47 Å². The van der Waals surface area contributed by atoms with Gasteiger partial charge in [-0.25, -0.2) is 16.8 Å². The van der Waals surface area contributed by atoms with Crippen LogP contribution in [0.2, 0.25) is 0 Å². The molecule has 4 aromatic carbocycles. The number of piperazine rings is 1. The van der Waals surface area contributed by atoms with E-state index >= 15 is 0 Å². The Hall–Kier alpha value is -3.18. The first-order valence-electron chi connectivity index (χ1n) is 11.8. The van der Waals surface area contributed by atoms with E-state index in [4.69, 9.17) is 9.47 Å². The zero-order valence-corrected chi connectivity index (χ0v) is 22.4. The molecular weight excluding hydrogens is 512 g/mol. The Kier molecular flexibility index (Phi) is 6.61. The van der Waals surface area contributed by atoms with Crippen LogP contribution >= 0.6 is 0 Å². The lowest BCUT2D eigenvalue weighted by Crippen LogP contribution is -2.55. The number of methoxy groups -OCH3 is 2. The summed E-state index contributed by atoms with van der Waals surface area (Å²) in [4.78, 5) is 0.349. The van der Waals surface area contributed by atoms with Gasteiger partial charge in [-0.1, -0.05) is 48.5 Å². The molecule has 194 valence electrons. The molecular formula is C27H28N2O6S2. The number of fused-ring (bicyclic) bond motifs is 2. The summed E-state index contributed by atoms with van der Waals surface area (Å²) in [6.07, 6.45) is 0. The van der Waals surface area contributed by atoms with Crippen LogP contribution in [0, 0.1) is 0 Å². The van der Waals surface area contributed by atoms with Crippen molar-refractivity contribution in [2.24, 2.45) is 0 Å². The zero-order valence-electron chi connectivity index (χ0n) is 20.8. The topological polar surface area (TPSA) is 93.2 Å². The summed E-state index contributed by atoms with van der Waals surface area (Å²) in [5, 5.41) is 2.53. The number of hydrogen-bond acceptors (Lipinski definition) is 6. The van der Waals surface area contributed by atoms with Gasteiger partial charge in [0.2, 0.25) is 20.0 Å². The number of benzene rings is 4. The van der Waals surface area contributed by atoms with Crippen molar-refractivity contribution in [3.8, 4) is 11.5 Å². The van der Waals surface area contributed by atoms with E-state index in [9.17, 15) is 16.8 Å². The van der Waals surface area contributed by atoms with E-state index in [-0.39, 0.29) is 29.4 Å². The molecule has 0 amide bonds. The van der Waals surface area contributed by atoms with Gasteiger partial charge in [-0.3, -0.25) is 0 Å². The van der Waals surface area contributed by atoms with Gasteiger partial charge in [0.15, 0.2) is 0 Å². The first kappa shape index (κ1) is 25.5. The normalized spacial score (nSPS) is 17.8. The Labute approximate surface area is 217 Å². The third kappa shape index (κ3) is 4.23. The highest BCUT2D eigenvalue weighted by molar-refractivity contribution is 7.90. The predicted octanol–water partition coefficient (Wildman–Crippen LogP) is 4.09. The molecule has 0 N–H and O–H groups in total. The Morgan fingerprint density at radius 3 is 1.57 bits per heavy atom. The van der Waals surface area contributed by atoms with Gasteiger partial charge in [0.25, 0.3) is 0 Å². The smallest absolute Gasteiger partial charge is 0.244 e. The predicted molar refractivity (Wildman–Crippen MR) is 143 cm³/mol. The Balaban J connectivity index is 1.47. The van der Waals surface area contributed by atoms with Crippen LogP contribution in [-0.2, 0) is 20.0 Å². The van der Waals surface area contributed by atoms with Crippen molar-refractivity contribution in [1.82, 2.24) is 8.61 Å². The van der Waals surface area contributed by atoms with Gasteiger partial charge >= 0.3 is 0 Å². The van der Waals surface area contributed by atoms with Gasteiger partial charge in [0.1, 0.15) is 11.5 Å². The van der Waals surface area contributed by atoms with Gasteiger partial charge in [-0.15, -0.1) is 0 Å². The minimum atomic E-state index is -3.90. The molecule has 5 rings (SSSR count). The summed E-state index contributed by atoms with van der Waals surface area (Å²) < 4.78 is 68.6. The SMILES string of the molecule is COc1ccc(S(=O)(=O)N2CCN(S(=O)(=O)c3ccc(OC)c4ccccc34)C(C)C2)c2ccccc12. The molecule has 37 heavy (non-hydrogen) atoms. The molecule has 0 spiro atoms. The molecule has 1 aliphatic heterocycles. The lowest BCUT2D eigenvalue weighted by atomic mass is 10.1. The number of hydrogen-bond donors (Lipinski definition) is 0. The van der Waals surface area contributed by atoms with Crippen LogP contribution in [0.5, 0.6) is 11.5 Å². The Morgan fingerprint density at radius 2 is 1.11 bits per heavy atom. The van der Waals surface area contributed by atoms with Gasteiger partial charge in [-0.05, 0) is 31.2 Å². The van der Waals surface area contributed by atoms with Crippen molar-refractivity contribution in [2.75, 3.05) is 33.9 Å². The van der Waals surface area contributed by atoms with Gasteiger partial charge in [0, 0.05) is 47.2 Å². The second-order valence-electron chi connectivity index (χ2n) is 8.95. The number of rotatable bonds is 6. The fourth-order valence-electron chi connectivity index (χ4n) is 5.04. The molecule has 0 aliphatic carbocycles. The summed E-state index contributed by atoms with van der Waals surface area (Å²) in [7, 11) is -4.69. The molecule has 1 aliphatic rings. The quantitative estimate of drug-likeness (QED) is 0.366. The highest BCUT2D eigenvalue weighted by Crippen LogP contribution is 2.36. The van der Waals surface area contributed by atoms with E-state index < -0.39 is 26.1 Å². The first-order chi connectivity index (χ1) is 17.7. The minimum absolute atomic E-state index is 0.0377. The average molecular weight is 541 g/mol. The van der Waals surface area contributed by atoms with Crippen LogP contribution in [0.4, 0.5) is 0 Å². The largest absolute Gasteiger partial charge is 0.496 e. The molecule has 0 aromatic heterocycles. The molecule has 0 radical (unpaired) electrons. The second kappa shape index (κ2) is 9.60. The summed E-state index contributed by atoms with van der Waals surface area (Å²) in [5.41, 5.74) is 0. The zero-order chi connectivity index (χ0) is 26.4. The minimum Gasteiger partial charge on any atom is -0.496 e. The van der Waals surface area contributed by atoms with E-state index in [1.807, 2.05) is 24.3 Å². The van der Waals surface area contributed by atoms with Gasteiger partial charge in [0.05, 0.1) is 24.0 Å². The van der Waals surface area contributed by atoms with Crippen LogP contribution in [-0.4, -0.2) is 65.3 Å². The Bertz CT molecular complexity index is 1700. The van der Waals surface area contributed by atoms with Crippen molar-refractivity contribution >= 4 is 41.6 Å². The van der Waals surface area contributed by atoms with Crippen LogP contribution in [0.1, 0.15) is 6.92 Å². The fraction of sp³-hybridized carbons (Fsp3) is 0.259. The number of ether oxygens (including phenoxy) is 2. The van der Waals surface area contributed by atoms with Crippen LogP contribution in [0.3, 0.4) is 0 Å². The molecule has 0 bridgehead atoms. The third-order valence-corrected chi connectivity index (χ3v) is 10.9. The van der Waals surface area contributed by atoms with E-state index in [0.717, 1.165) is 0 Å². The molecule has 1 unspecified atom stereocenters. The lowest BCUT2D eigenvalue weighted by molar-refractivity contribution is 0.213. The summed E-state index contributed by atoms with van der Waals surface area (Å²) in [6, 6.07) is 20.2. The average Bonchev–Trinajstić information content (AvgIpc) is 2.91. The summed E-state index contributed by atoms with van der Waals surface area (Å²) >= 11 is 0. The maximum atomic E-state index is 13.8. The maximum Gasteiger partial charge on any atom is 0.244 e. The standard InChI is InChI=1S/C27H28N2O6S2/c1-19-18-28(36(30,31)26-14-12-24(34-2)20-8-4-6-10-22(20)26)16-17-29(19)37(32,33)27-15-13-25(35-3)21-9-5-7-11-23(21)27/h4-15,19H,16-18H2,1-3H3. The molecule has 1 saturated heterocycles. The van der Waals surface area contributed by atoms with Crippen molar-refractivity contribution in [1.29, 1.82) is 0 Å². The van der Waals surface area contributed by atoms with Crippen LogP contribution in [0.25, 0.3) is 21.5 Å². The molecule has 8 nitrogen and oxygen atoms in total. The maximum absolute atomic E-state index is 13.8. The molecule has 4 aromatic rings. The van der Waals surface area contributed by atoms with E-state index in [1.54, 1.807) is 69.7 Å². The molecule has 1 atom stereocenters. The Morgan fingerprint density at radius 1 is 0.649 bits per heavy atom. The highest BCUT2D eigenvalue weighted by atomic mass is 32.2. The van der Waals surface area contributed by atoms with Gasteiger partial charge in [-0.2, -0.15) is 8.61 Å².